The van der Waals surface area contributed by atoms with Crippen molar-refractivity contribution in [1.29, 1.82) is 0 Å². The number of azide groups is 1. The molecule has 5 nitrogen and oxygen atoms in total. The minimum atomic E-state index is -0.639. The van der Waals surface area contributed by atoms with E-state index < -0.39 is 5.91 Å². The summed E-state index contributed by atoms with van der Waals surface area (Å²) in [5, 5.41) is 2.97. The molecule has 1 amide bonds. The van der Waals surface area contributed by atoms with Gasteiger partial charge in [-0.05, 0) is 35.1 Å². The van der Waals surface area contributed by atoms with E-state index in [-0.39, 0.29) is 5.69 Å². The lowest BCUT2D eigenvalue weighted by atomic mass is 10.1. The molecule has 0 aliphatic carbocycles. The molecule has 5 heteroatoms. The molecule has 0 saturated heterocycles. The van der Waals surface area contributed by atoms with Crippen LogP contribution >= 0.6 is 0 Å². The molecule has 1 aromatic rings. The SMILES string of the molecule is CCCCc1ccc(C(=O)N=[N+]=[N-])nc1. The lowest BCUT2D eigenvalue weighted by molar-refractivity contribution is 0.0995. The molecule has 15 heavy (non-hydrogen) atoms. The van der Waals surface area contributed by atoms with E-state index in [0.29, 0.717) is 0 Å². The molecule has 1 aromatic heterocycles. The maximum absolute atomic E-state index is 11.1. The number of pyridine rings is 1. The van der Waals surface area contributed by atoms with Crippen molar-refractivity contribution in [3.05, 3.63) is 40.0 Å². The lowest BCUT2D eigenvalue weighted by Crippen LogP contribution is -1.98. The van der Waals surface area contributed by atoms with Crippen molar-refractivity contribution in [2.45, 2.75) is 26.2 Å². The summed E-state index contributed by atoms with van der Waals surface area (Å²) in [6.07, 6.45) is 4.83. The number of aryl methyl sites for hydroxylation is 1. The molecule has 0 N–H and O–H groups in total. The highest BCUT2D eigenvalue weighted by Crippen LogP contribution is 2.05. The summed E-state index contributed by atoms with van der Waals surface area (Å²) in [5.41, 5.74) is 9.36. The van der Waals surface area contributed by atoms with E-state index in [4.69, 9.17) is 5.53 Å². The third kappa shape index (κ3) is 3.40. The Balaban J connectivity index is 2.71. The van der Waals surface area contributed by atoms with E-state index in [0.717, 1.165) is 24.8 Å². The van der Waals surface area contributed by atoms with Crippen molar-refractivity contribution in [1.82, 2.24) is 4.98 Å². The highest BCUT2D eigenvalue weighted by molar-refractivity contribution is 5.92. The molecule has 0 saturated carbocycles. The van der Waals surface area contributed by atoms with Gasteiger partial charge in [0.2, 0.25) is 0 Å². The van der Waals surface area contributed by atoms with Crippen LogP contribution in [0.15, 0.2) is 23.4 Å². The number of carbonyl (C=O) groups excluding carboxylic acids is 1. The van der Waals surface area contributed by atoms with Gasteiger partial charge in [0.15, 0.2) is 0 Å². The fourth-order valence-corrected chi connectivity index (χ4v) is 1.17. The largest absolute Gasteiger partial charge is 0.285 e. The maximum Gasteiger partial charge on any atom is 0.267 e. The van der Waals surface area contributed by atoms with Crippen molar-refractivity contribution in [3.63, 3.8) is 0 Å². The fraction of sp³-hybridized carbons (Fsp3) is 0.400. The third-order valence-electron chi connectivity index (χ3n) is 2.00. The van der Waals surface area contributed by atoms with Crippen LogP contribution in [0.5, 0.6) is 0 Å². The molecular formula is C10H12N4O. The summed E-state index contributed by atoms with van der Waals surface area (Å²) in [7, 11) is 0. The van der Waals surface area contributed by atoms with E-state index >= 15 is 0 Å². The Bertz CT molecular complexity index is 379. The highest BCUT2D eigenvalue weighted by atomic mass is 16.1. The van der Waals surface area contributed by atoms with Crippen LogP contribution in [0.2, 0.25) is 0 Å². The van der Waals surface area contributed by atoms with E-state index in [9.17, 15) is 4.79 Å². The number of carbonyl (C=O) groups is 1. The Kier molecular flexibility index (Phi) is 4.31. The predicted molar refractivity (Wildman–Crippen MR) is 56.3 cm³/mol. The Morgan fingerprint density at radius 2 is 2.40 bits per heavy atom. The highest BCUT2D eigenvalue weighted by Gasteiger charge is 2.03. The molecule has 1 rings (SSSR count). The smallest absolute Gasteiger partial charge is 0.267 e. The molecule has 78 valence electrons. The van der Waals surface area contributed by atoms with Crippen LogP contribution in [0.4, 0.5) is 0 Å². The summed E-state index contributed by atoms with van der Waals surface area (Å²) < 4.78 is 0. The topological polar surface area (TPSA) is 78.7 Å². The number of nitrogens with zero attached hydrogens (tertiary/aromatic N) is 4. The zero-order chi connectivity index (χ0) is 11.1. The Hall–Kier alpha value is -1.87. The lowest BCUT2D eigenvalue weighted by Gasteiger charge is -1.99. The normalized spacial score (nSPS) is 9.40. The number of aromatic nitrogens is 1. The first-order chi connectivity index (χ1) is 7.27. The standard InChI is InChI=1S/C10H12N4O/c1-2-3-4-8-5-6-9(12-7-8)10(15)13-14-11/h5-7H,2-4H2,1H3. The monoisotopic (exact) mass is 204 g/mol. The molecule has 0 aliphatic rings. The maximum atomic E-state index is 11.1. The van der Waals surface area contributed by atoms with Crippen LogP contribution in [-0.2, 0) is 6.42 Å². The van der Waals surface area contributed by atoms with Gasteiger partial charge in [-0.2, -0.15) is 0 Å². The molecule has 0 bridgehead atoms. The zero-order valence-electron chi connectivity index (χ0n) is 8.55. The second-order valence-corrected chi connectivity index (χ2v) is 3.15. The van der Waals surface area contributed by atoms with Crippen molar-refractivity contribution >= 4 is 5.91 Å². The summed E-state index contributed by atoms with van der Waals surface area (Å²) >= 11 is 0. The minimum Gasteiger partial charge on any atom is -0.285 e. The zero-order valence-corrected chi connectivity index (χ0v) is 8.55. The number of amides is 1. The molecule has 0 fully saturated rings. The molecule has 0 aromatic carbocycles. The van der Waals surface area contributed by atoms with Crippen molar-refractivity contribution < 1.29 is 4.79 Å². The quantitative estimate of drug-likeness (QED) is 0.429. The Morgan fingerprint density at radius 1 is 1.60 bits per heavy atom. The van der Waals surface area contributed by atoms with Gasteiger partial charge < -0.3 is 0 Å². The van der Waals surface area contributed by atoms with Gasteiger partial charge in [-0.15, -0.1) is 0 Å². The average Bonchev–Trinajstić information content (AvgIpc) is 2.27. The summed E-state index contributed by atoms with van der Waals surface area (Å²) in [6.45, 7) is 2.12. The summed E-state index contributed by atoms with van der Waals surface area (Å²) in [4.78, 5) is 17.4. The number of rotatable bonds is 4. The van der Waals surface area contributed by atoms with Gasteiger partial charge in [0.05, 0.1) is 0 Å². The molecular weight excluding hydrogens is 192 g/mol. The van der Waals surface area contributed by atoms with Gasteiger partial charge in [0.1, 0.15) is 5.69 Å². The second-order valence-electron chi connectivity index (χ2n) is 3.15. The van der Waals surface area contributed by atoms with E-state index in [1.54, 1.807) is 12.3 Å². The van der Waals surface area contributed by atoms with Crippen molar-refractivity contribution in [3.8, 4) is 0 Å². The van der Waals surface area contributed by atoms with Crippen LogP contribution in [0.3, 0.4) is 0 Å². The first-order valence-electron chi connectivity index (χ1n) is 4.82. The Labute approximate surface area is 87.8 Å². The first kappa shape index (κ1) is 11.2. The predicted octanol–water partition coefficient (Wildman–Crippen LogP) is 2.87. The summed E-state index contributed by atoms with van der Waals surface area (Å²) in [6, 6.07) is 3.42. The van der Waals surface area contributed by atoms with Gasteiger partial charge in [-0.3, -0.25) is 9.78 Å². The number of unbranched alkanes of at least 4 members (excludes halogenated alkanes) is 1. The summed E-state index contributed by atoms with van der Waals surface area (Å²) in [5.74, 6) is -0.639. The Morgan fingerprint density at radius 3 is 2.93 bits per heavy atom. The van der Waals surface area contributed by atoms with Gasteiger partial charge in [0.25, 0.3) is 5.91 Å². The van der Waals surface area contributed by atoms with Gasteiger partial charge >= 0.3 is 0 Å². The molecule has 0 atom stereocenters. The molecule has 1 heterocycles. The number of hydrogen-bond donors (Lipinski definition) is 0. The van der Waals surface area contributed by atoms with E-state index in [2.05, 4.69) is 21.9 Å². The van der Waals surface area contributed by atoms with E-state index in [1.807, 2.05) is 6.07 Å². The van der Waals surface area contributed by atoms with Crippen molar-refractivity contribution in [2.75, 3.05) is 0 Å². The third-order valence-corrected chi connectivity index (χ3v) is 2.00. The van der Waals surface area contributed by atoms with E-state index in [1.165, 1.54) is 0 Å². The van der Waals surface area contributed by atoms with Crippen LogP contribution in [0, 0.1) is 0 Å². The second kappa shape index (κ2) is 5.78. The van der Waals surface area contributed by atoms with Gasteiger partial charge in [0, 0.05) is 11.1 Å². The van der Waals surface area contributed by atoms with Crippen molar-refractivity contribution in [2.24, 2.45) is 5.11 Å². The molecule has 0 radical (unpaired) electrons. The fourth-order valence-electron chi connectivity index (χ4n) is 1.17. The molecule has 0 spiro atoms. The van der Waals surface area contributed by atoms with Gasteiger partial charge in [-0.1, -0.05) is 19.4 Å². The van der Waals surface area contributed by atoms with Gasteiger partial charge in [-0.25, -0.2) is 0 Å². The van der Waals surface area contributed by atoms with Crippen LogP contribution in [-0.4, -0.2) is 10.9 Å². The van der Waals surface area contributed by atoms with Crippen LogP contribution in [0.25, 0.3) is 10.4 Å². The first-order valence-corrected chi connectivity index (χ1v) is 4.82. The molecule has 0 unspecified atom stereocenters. The number of hydrogen-bond acceptors (Lipinski definition) is 2. The minimum absolute atomic E-state index is 0.188. The van der Waals surface area contributed by atoms with Crippen LogP contribution in [0.1, 0.15) is 35.8 Å². The average molecular weight is 204 g/mol. The molecule has 0 aliphatic heterocycles. The van der Waals surface area contributed by atoms with Crippen LogP contribution < -0.4 is 0 Å².